The van der Waals surface area contributed by atoms with Gasteiger partial charge in [0.15, 0.2) is 0 Å². The highest BCUT2D eigenvalue weighted by atomic mass is 16.5. The summed E-state index contributed by atoms with van der Waals surface area (Å²) in [6, 6.07) is 7.93. The molecule has 3 N–H and O–H groups in total. The van der Waals surface area contributed by atoms with Gasteiger partial charge in [-0.05, 0) is 18.2 Å². The number of methoxy groups -OCH3 is 1. The van der Waals surface area contributed by atoms with Crippen molar-refractivity contribution in [2.45, 2.75) is 6.54 Å². The van der Waals surface area contributed by atoms with E-state index < -0.39 is 0 Å². The van der Waals surface area contributed by atoms with Crippen molar-refractivity contribution in [2.75, 3.05) is 7.11 Å². The fraction of sp³-hybridized carbons (Fsp3) is 0.200. The molecular weight excluding hydrogens is 164 g/mol. The number of ether oxygens (including phenoxy) is 1. The zero-order valence-electron chi connectivity index (χ0n) is 7.50. The van der Waals surface area contributed by atoms with Gasteiger partial charge in [-0.2, -0.15) is 0 Å². The lowest BCUT2D eigenvalue weighted by Gasteiger charge is -1.99. The molecule has 0 aliphatic carbocycles. The first-order chi connectivity index (χ1) is 6.35. The molecule has 0 amide bonds. The number of nitrogens with one attached hydrogen (secondary N) is 1. The van der Waals surface area contributed by atoms with Crippen LogP contribution < -0.4 is 10.5 Å². The van der Waals surface area contributed by atoms with Crippen LogP contribution in [0.15, 0.2) is 24.3 Å². The average Bonchev–Trinajstić information content (AvgIpc) is 2.59. The maximum atomic E-state index is 5.53. The first-order valence-electron chi connectivity index (χ1n) is 4.20. The van der Waals surface area contributed by atoms with Gasteiger partial charge < -0.3 is 15.5 Å². The summed E-state index contributed by atoms with van der Waals surface area (Å²) in [7, 11) is 1.67. The number of H-pyrrole nitrogens is 1. The monoisotopic (exact) mass is 176 g/mol. The van der Waals surface area contributed by atoms with E-state index in [0.717, 1.165) is 22.3 Å². The van der Waals surface area contributed by atoms with E-state index in [0.29, 0.717) is 6.54 Å². The van der Waals surface area contributed by atoms with Crippen LogP contribution in [0.2, 0.25) is 0 Å². The molecule has 0 atom stereocenters. The number of hydrogen-bond donors (Lipinski definition) is 2. The van der Waals surface area contributed by atoms with Crippen LogP contribution in [0.5, 0.6) is 5.75 Å². The average molecular weight is 176 g/mol. The minimum Gasteiger partial charge on any atom is -0.496 e. The second-order valence-electron chi connectivity index (χ2n) is 2.92. The molecular formula is C10H12N2O. The molecule has 2 rings (SSSR count). The Labute approximate surface area is 76.5 Å². The molecule has 1 aromatic heterocycles. The van der Waals surface area contributed by atoms with Gasteiger partial charge in [0.2, 0.25) is 0 Å². The molecule has 0 saturated heterocycles. The smallest absolute Gasteiger partial charge is 0.128 e. The highest BCUT2D eigenvalue weighted by molar-refractivity contribution is 5.86. The van der Waals surface area contributed by atoms with E-state index in [4.69, 9.17) is 10.5 Å². The molecule has 0 bridgehead atoms. The summed E-state index contributed by atoms with van der Waals surface area (Å²) in [5.74, 6) is 0.883. The Balaban J connectivity index is 2.67. The van der Waals surface area contributed by atoms with Crippen molar-refractivity contribution in [3.05, 3.63) is 30.0 Å². The van der Waals surface area contributed by atoms with Gasteiger partial charge >= 0.3 is 0 Å². The van der Waals surface area contributed by atoms with E-state index in [-0.39, 0.29) is 0 Å². The van der Waals surface area contributed by atoms with Crippen LogP contribution in [0.1, 0.15) is 5.69 Å². The van der Waals surface area contributed by atoms with E-state index in [1.54, 1.807) is 7.11 Å². The van der Waals surface area contributed by atoms with Crippen LogP contribution >= 0.6 is 0 Å². The van der Waals surface area contributed by atoms with Gasteiger partial charge in [-0.25, -0.2) is 0 Å². The van der Waals surface area contributed by atoms with Gasteiger partial charge in [-0.1, -0.05) is 6.07 Å². The number of aromatic nitrogens is 1. The molecule has 1 heterocycles. The lowest BCUT2D eigenvalue weighted by Crippen LogP contribution is -1.94. The van der Waals surface area contributed by atoms with E-state index >= 15 is 0 Å². The predicted octanol–water partition coefficient (Wildman–Crippen LogP) is 1.64. The standard InChI is InChI=1S/C10H12N2O/c1-13-10-4-2-3-9-8(10)5-7(6-11)12-9/h2-5,12H,6,11H2,1H3. The van der Waals surface area contributed by atoms with Crippen molar-refractivity contribution >= 4 is 10.9 Å². The number of nitrogens with two attached hydrogens (primary N) is 1. The fourth-order valence-corrected chi connectivity index (χ4v) is 1.47. The van der Waals surface area contributed by atoms with E-state index in [1.165, 1.54) is 0 Å². The van der Waals surface area contributed by atoms with Crippen molar-refractivity contribution in [1.29, 1.82) is 0 Å². The fourth-order valence-electron chi connectivity index (χ4n) is 1.47. The zero-order valence-corrected chi connectivity index (χ0v) is 7.50. The summed E-state index contributed by atoms with van der Waals surface area (Å²) < 4.78 is 5.22. The molecule has 0 fully saturated rings. The van der Waals surface area contributed by atoms with Gasteiger partial charge in [-0.3, -0.25) is 0 Å². The molecule has 3 heteroatoms. The van der Waals surface area contributed by atoms with Crippen LogP contribution in [-0.2, 0) is 6.54 Å². The van der Waals surface area contributed by atoms with Crippen molar-refractivity contribution < 1.29 is 4.74 Å². The number of hydrogen-bond acceptors (Lipinski definition) is 2. The van der Waals surface area contributed by atoms with Crippen molar-refractivity contribution in [1.82, 2.24) is 4.98 Å². The molecule has 0 radical (unpaired) electrons. The van der Waals surface area contributed by atoms with E-state index in [2.05, 4.69) is 4.98 Å². The van der Waals surface area contributed by atoms with Crippen molar-refractivity contribution in [3.63, 3.8) is 0 Å². The summed E-state index contributed by atoms with van der Waals surface area (Å²) in [6.07, 6.45) is 0. The molecule has 0 spiro atoms. The van der Waals surface area contributed by atoms with Gasteiger partial charge in [0.25, 0.3) is 0 Å². The topological polar surface area (TPSA) is 51.0 Å². The molecule has 3 nitrogen and oxygen atoms in total. The third kappa shape index (κ3) is 1.27. The van der Waals surface area contributed by atoms with Gasteiger partial charge in [0.1, 0.15) is 5.75 Å². The summed E-state index contributed by atoms with van der Waals surface area (Å²) in [5.41, 5.74) is 7.63. The summed E-state index contributed by atoms with van der Waals surface area (Å²) in [5, 5.41) is 1.09. The largest absolute Gasteiger partial charge is 0.496 e. The Kier molecular flexibility index (Phi) is 1.94. The number of benzene rings is 1. The molecule has 0 aliphatic heterocycles. The molecule has 0 saturated carbocycles. The number of aromatic amines is 1. The van der Waals surface area contributed by atoms with Crippen LogP contribution in [0.4, 0.5) is 0 Å². The third-order valence-corrected chi connectivity index (χ3v) is 2.12. The van der Waals surface area contributed by atoms with Crippen molar-refractivity contribution in [3.8, 4) is 5.75 Å². The maximum absolute atomic E-state index is 5.53. The normalized spacial score (nSPS) is 10.6. The summed E-state index contributed by atoms with van der Waals surface area (Å²) >= 11 is 0. The zero-order chi connectivity index (χ0) is 9.26. The predicted molar refractivity (Wildman–Crippen MR) is 52.7 cm³/mol. The van der Waals surface area contributed by atoms with Gasteiger partial charge in [-0.15, -0.1) is 0 Å². The molecule has 0 aliphatic rings. The van der Waals surface area contributed by atoms with E-state index in [1.807, 2.05) is 24.3 Å². The number of rotatable bonds is 2. The summed E-state index contributed by atoms with van der Waals surface area (Å²) in [4.78, 5) is 3.21. The Hall–Kier alpha value is -1.48. The molecule has 13 heavy (non-hydrogen) atoms. The SMILES string of the molecule is COc1cccc2[nH]c(CN)cc12. The molecule has 68 valence electrons. The van der Waals surface area contributed by atoms with Crippen LogP contribution in [-0.4, -0.2) is 12.1 Å². The van der Waals surface area contributed by atoms with Gasteiger partial charge in [0.05, 0.1) is 7.11 Å². The highest BCUT2D eigenvalue weighted by Gasteiger charge is 2.03. The first-order valence-corrected chi connectivity index (χ1v) is 4.20. The Morgan fingerprint density at radius 2 is 2.31 bits per heavy atom. The van der Waals surface area contributed by atoms with Crippen LogP contribution in [0.25, 0.3) is 10.9 Å². The Bertz CT molecular complexity index is 420. The minimum absolute atomic E-state index is 0.526. The third-order valence-electron chi connectivity index (χ3n) is 2.12. The molecule has 1 aromatic carbocycles. The second-order valence-corrected chi connectivity index (χ2v) is 2.92. The molecule has 0 unspecified atom stereocenters. The minimum atomic E-state index is 0.526. The van der Waals surface area contributed by atoms with Gasteiger partial charge in [0, 0.05) is 23.1 Å². The maximum Gasteiger partial charge on any atom is 0.128 e. The van der Waals surface area contributed by atoms with Crippen LogP contribution in [0.3, 0.4) is 0 Å². The molecule has 2 aromatic rings. The lowest BCUT2D eigenvalue weighted by molar-refractivity contribution is 0.420. The van der Waals surface area contributed by atoms with Crippen molar-refractivity contribution in [2.24, 2.45) is 5.73 Å². The van der Waals surface area contributed by atoms with Crippen LogP contribution in [0, 0.1) is 0 Å². The second kappa shape index (κ2) is 3.11. The Morgan fingerprint density at radius 3 is 3.00 bits per heavy atom. The summed E-state index contributed by atoms with van der Waals surface area (Å²) in [6.45, 7) is 0.526. The highest BCUT2D eigenvalue weighted by Crippen LogP contribution is 2.25. The Morgan fingerprint density at radius 1 is 1.46 bits per heavy atom. The lowest BCUT2D eigenvalue weighted by atomic mass is 10.2. The quantitative estimate of drug-likeness (QED) is 0.730. The number of fused-ring (bicyclic) bond motifs is 1. The first kappa shape index (κ1) is 8.13. The van der Waals surface area contributed by atoms with E-state index in [9.17, 15) is 0 Å².